The molecule has 0 aliphatic heterocycles. The SMILES string of the molecule is N#CC[C@@H](N)c1ccccc1C#N. The van der Waals surface area contributed by atoms with Gasteiger partial charge in [0.15, 0.2) is 0 Å². The molecule has 0 aromatic heterocycles. The van der Waals surface area contributed by atoms with Crippen molar-refractivity contribution in [2.45, 2.75) is 12.5 Å². The minimum Gasteiger partial charge on any atom is -0.323 e. The lowest BCUT2D eigenvalue weighted by Crippen LogP contribution is -2.10. The lowest BCUT2D eigenvalue weighted by molar-refractivity contribution is 0.746. The molecule has 1 aromatic rings. The van der Waals surface area contributed by atoms with Crippen molar-refractivity contribution < 1.29 is 0 Å². The monoisotopic (exact) mass is 171 g/mol. The van der Waals surface area contributed by atoms with Gasteiger partial charge in [-0.15, -0.1) is 0 Å². The summed E-state index contributed by atoms with van der Waals surface area (Å²) in [7, 11) is 0. The highest BCUT2D eigenvalue weighted by Crippen LogP contribution is 2.17. The van der Waals surface area contributed by atoms with E-state index in [1.807, 2.05) is 18.2 Å². The van der Waals surface area contributed by atoms with Gasteiger partial charge in [-0.25, -0.2) is 0 Å². The van der Waals surface area contributed by atoms with Gasteiger partial charge in [-0.2, -0.15) is 10.5 Å². The lowest BCUT2D eigenvalue weighted by Gasteiger charge is -2.08. The lowest BCUT2D eigenvalue weighted by atomic mass is 10.00. The zero-order valence-corrected chi connectivity index (χ0v) is 7.07. The van der Waals surface area contributed by atoms with E-state index in [2.05, 4.69) is 0 Å². The van der Waals surface area contributed by atoms with Crippen molar-refractivity contribution in [3.8, 4) is 12.1 Å². The Labute approximate surface area is 77.0 Å². The molecule has 13 heavy (non-hydrogen) atoms. The van der Waals surface area contributed by atoms with Gasteiger partial charge >= 0.3 is 0 Å². The number of hydrogen-bond donors (Lipinski definition) is 1. The zero-order chi connectivity index (χ0) is 9.68. The van der Waals surface area contributed by atoms with Crippen molar-refractivity contribution in [2.75, 3.05) is 0 Å². The first-order chi connectivity index (χ1) is 6.29. The maximum absolute atomic E-state index is 8.75. The van der Waals surface area contributed by atoms with Gasteiger partial charge in [-0.1, -0.05) is 18.2 Å². The molecule has 0 unspecified atom stereocenters. The van der Waals surface area contributed by atoms with Crippen LogP contribution < -0.4 is 5.73 Å². The van der Waals surface area contributed by atoms with Crippen molar-refractivity contribution in [3.63, 3.8) is 0 Å². The van der Waals surface area contributed by atoms with Crippen LogP contribution in [0.3, 0.4) is 0 Å². The molecule has 1 atom stereocenters. The average Bonchev–Trinajstić information content (AvgIpc) is 2.18. The number of hydrogen-bond acceptors (Lipinski definition) is 3. The summed E-state index contributed by atoms with van der Waals surface area (Å²) in [5.41, 5.74) is 7.00. The first-order valence-corrected chi connectivity index (χ1v) is 3.91. The fourth-order valence-corrected chi connectivity index (χ4v) is 1.13. The van der Waals surface area contributed by atoms with Crippen molar-refractivity contribution in [3.05, 3.63) is 35.4 Å². The van der Waals surface area contributed by atoms with Crippen LogP contribution in [0.1, 0.15) is 23.6 Å². The molecule has 0 radical (unpaired) electrons. The summed E-state index contributed by atoms with van der Waals surface area (Å²) in [5.74, 6) is 0. The van der Waals surface area contributed by atoms with Crippen LogP contribution in [-0.2, 0) is 0 Å². The molecule has 64 valence electrons. The van der Waals surface area contributed by atoms with Crippen molar-refractivity contribution in [1.29, 1.82) is 10.5 Å². The second-order valence-electron chi connectivity index (χ2n) is 2.67. The molecule has 1 aromatic carbocycles. The third kappa shape index (κ3) is 2.05. The molecular weight excluding hydrogens is 162 g/mol. The van der Waals surface area contributed by atoms with Gasteiger partial charge < -0.3 is 5.73 Å². The van der Waals surface area contributed by atoms with E-state index in [0.29, 0.717) is 5.56 Å². The zero-order valence-electron chi connectivity index (χ0n) is 7.07. The predicted molar refractivity (Wildman–Crippen MR) is 48.3 cm³/mol. The number of rotatable bonds is 2. The van der Waals surface area contributed by atoms with Gasteiger partial charge in [-0.3, -0.25) is 0 Å². The Hall–Kier alpha value is -1.84. The minimum absolute atomic E-state index is 0.235. The van der Waals surface area contributed by atoms with Crippen LogP contribution in [-0.4, -0.2) is 0 Å². The summed E-state index contributed by atoms with van der Waals surface area (Å²) in [6.07, 6.45) is 0.235. The Morgan fingerprint density at radius 2 is 2.00 bits per heavy atom. The van der Waals surface area contributed by atoms with E-state index in [9.17, 15) is 0 Å². The molecule has 0 aliphatic carbocycles. The summed E-state index contributed by atoms with van der Waals surface area (Å²) < 4.78 is 0. The molecule has 1 rings (SSSR count). The van der Waals surface area contributed by atoms with E-state index in [4.69, 9.17) is 16.3 Å². The van der Waals surface area contributed by atoms with Crippen LogP contribution in [0.5, 0.6) is 0 Å². The Morgan fingerprint density at radius 1 is 1.31 bits per heavy atom. The van der Waals surface area contributed by atoms with Crippen LogP contribution in [0.4, 0.5) is 0 Å². The summed E-state index contributed by atoms with van der Waals surface area (Å²) in [6.45, 7) is 0. The number of nitriles is 2. The van der Waals surface area contributed by atoms with Crippen LogP contribution in [0.25, 0.3) is 0 Å². The van der Waals surface area contributed by atoms with E-state index in [1.165, 1.54) is 0 Å². The van der Waals surface area contributed by atoms with Crippen molar-refractivity contribution in [1.82, 2.24) is 0 Å². The third-order valence-electron chi connectivity index (χ3n) is 1.79. The van der Waals surface area contributed by atoms with Crippen LogP contribution in [0.15, 0.2) is 24.3 Å². The highest BCUT2D eigenvalue weighted by Gasteiger charge is 2.08. The highest BCUT2D eigenvalue weighted by molar-refractivity contribution is 5.39. The molecule has 0 bridgehead atoms. The molecule has 0 spiro atoms. The van der Waals surface area contributed by atoms with Gasteiger partial charge in [0.1, 0.15) is 0 Å². The average molecular weight is 171 g/mol. The Morgan fingerprint density at radius 3 is 2.62 bits per heavy atom. The molecule has 0 aliphatic rings. The van der Waals surface area contributed by atoms with E-state index in [1.54, 1.807) is 18.2 Å². The van der Waals surface area contributed by atoms with E-state index >= 15 is 0 Å². The van der Waals surface area contributed by atoms with E-state index in [0.717, 1.165) is 5.56 Å². The van der Waals surface area contributed by atoms with Crippen molar-refractivity contribution >= 4 is 0 Å². The number of benzene rings is 1. The Bertz CT molecular complexity index is 370. The first-order valence-electron chi connectivity index (χ1n) is 3.91. The molecule has 2 N–H and O–H groups in total. The fourth-order valence-electron chi connectivity index (χ4n) is 1.13. The van der Waals surface area contributed by atoms with E-state index < -0.39 is 0 Å². The molecule has 0 fully saturated rings. The van der Waals surface area contributed by atoms with Crippen LogP contribution in [0, 0.1) is 22.7 Å². The van der Waals surface area contributed by atoms with E-state index in [-0.39, 0.29) is 12.5 Å². The third-order valence-corrected chi connectivity index (χ3v) is 1.79. The maximum atomic E-state index is 8.75. The summed E-state index contributed by atoms with van der Waals surface area (Å²) >= 11 is 0. The molecule has 0 amide bonds. The summed E-state index contributed by atoms with van der Waals surface area (Å²) in [5, 5.41) is 17.2. The molecule has 3 heteroatoms. The van der Waals surface area contributed by atoms with Crippen LogP contribution >= 0.6 is 0 Å². The summed E-state index contributed by atoms with van der Waals surface area (Å²) in [4.78, 5) is 0. The Balaban J connectivity index is 3.02. The molecule has 0 saturated heterocycles. The summed E-state index contributed by atoms with van der Waals surface area (Å²) in [6, 6.07) is 10.7. The smallest absolute Gasteiger partial charge is 0.0995 e. The van der Waals surface area contributed by atoms with Crippen LogP contribution in [0.2, 0.25) is 0 Å². The second kappa shape index (κ2) is 4.25. The normalized spacial score (nSPS) is 11.3. The second-order valence-corrected chi connectivity index (χ2v) is 2.67. The standard InChI is InChI=1S/C10H9N3/c11-6-5-10(13)9-4-2-1-3-8(9)7-12/h1-4,10H,5,13H2/t10-/m1/s1. The predicted octanol–water partition coefficient (Wildman–Crippen LogP) is 1.47. The van der Waals surface area contributed by atoms with Gasteiger partial charge in [0.2, 0.25) is 0 Å². The fraction of sp³-hybridized carbons (Fsp3) is 0.200. The van der Waals surface area contributed by atoms with Gasteiger partial charge in [0.25, 0.3) is 0 Å². The molecule has 3 nitrogen and oxygen atoms in total. The van der Waals surface area contributed by atoms with Crippen molar-refractivity contribution in [2.24, 2.45) is 5.73 Å². The number of nitrogens with zero attached hydrogens (tertiary/aromatic N) is 2. The topological polar surface area (TPSA) is 73.6 Å². The molecule has 0 heterocycles. The highest BCUT2D eigenvalue weighted by atomic mass is 14.6. The first kappa shape index (κ1) is 9.25. The van der Waals surface area contributed by atoms with Gasteiger partial charge in [0, 0.05) is 6.04 Å². The minimum atomic E-state index is -0.360. The van der Waals surface area contributed by atoms with Gasteiger partial charge in [-0.05, 0) is 11.6 Å². The molecular formula is C10H9N3. The number of nitrogens with two attached hydrogens (primary N) is 1. The maximum Gasteiger partial charge on any atom is 0.0995 e. The quantitative estimate of drug-likeness (QED) is 0.732. The molecule has 0 saturated carbocycles. The van der Waals surface area contributed by atoms with Gasteiger partial charge in [0.05, 0.1) is 24.1 Å². The Kier molecular flexibility index (Phi) is 3.03. The largest absolute Gasteiger partial charge is 0.323 e.